The molecule has 0 bridgehead atoms. The highest BCUT2D eigenvalue weighted by atomic mass is 35.5. The Bertz CT molecular complexity index is 623. The van der Waals surface area contributed by atoms with Gasteiger partial charge in [-0.1, -0.05) is 29.8 Å². The maximum atomic E-state index is 13.5. The van der Waals surface area contributed by atoms with Gasteiger partial charge in [-0.05, 0) is 41.8 Å². The van der Waals surface area contributed by atoms with Crippen LogP contribution in [0.2, 0.25) is 5.02 Å². The third kappa shape index (κ3) is 2.22. The summed E-state index contributed by atoms with van der Waals surface area (Å²) in [6.07, 6.45) is 0. The molecule has 2 rings (SSSR count). The third-order valence-corrected chi connectivity index (χ3v) is 3.00. The number of aromatic carboxylic acids is 1. The van der Waals surface area contributed by atoms with Crippen LogP contribution >= 0.6 is 11.6 Å². The van der Waals surface area contributed by atoms with E-state index in [1.54, 1.807) is 31.2 Å². The number of benzene rings is 2. The molecule has 0 amide bonds. The van der Waals surface area contributed by atoms with E-state index in [0.717, 1.165) is 0 Å². The van der Waals surface area contributed by atoms with Crippen molar-refractivity contribution in [2.24, 2.45) is 0 Å². The molecule has 0 saturated heterocycles. The molecule has 0 aromatic heterocycles. The van der Waals surface area contributed by atoms with Gasteiger partial charge in [-0.2, -0.15) is 0 Å². The van der Waals surface area contributed by atoms with Crippen LogP contribution in [-0.2, 0) is 0 Å². The van der Waals surface area contributed by atoms with Crippen LogP contribution < -0.4 is 0 Å². The van der Waals surface area contributed by atoms with Gasteiger partial charge in [0, 0.05) is 5.02 Å². The molecular weight excluding hydrogens is 255 g/mol. The molecule has 2 aromatic carbocycles. The summed E-state index contributed by atoms with van der Waals surface area (Å²) in [4.78, 5) is 11.2. The number of carboxylic acid groups (broad SMARTS) is 1. The van der Waals surface area contributed by atoms with Crippen molar-refractivity contribution in [1.29, 1.82) is 0 Å². The van der Waals surface area contributed by atoms with Crippen LogP contribution in [0.3, 0.4) is 0 Å². The van der Waals surface area contributed by atoms with Crippen molar-refractivity contribution in [3.8, 4) is 11.1 Å². The highest BCUT2D eigenvalue weighted by Gasteiger charge is 2.15. The second-order valence-corrected chi connectivity index (χ2v) is 4.34. The predicted octanol–water partition coefficient (Wildman–Crippen LogP) is 4.15. The van der Waals surface area contributed by atoms with Gasteiger partial charge in [-0.25, -0.2) is 9.18 Å². The molecular formula is C14H10ClFO2. The summed E-state index contributed by atoms with van der Waals surface area (Å²) in [6, 6.07) is 9.13. The van der Waals surface area contributed by atoms with Crippen molar-refractivity contribution in [2.45, 2.75) is 6.92 Å². The molecule has 0 aliphatic carbocycles. The minimum absolute atomic E-state index is 0.0659. The van der Waals surface area contributed by atoms with Crippen LogP contribution in [0.1, 0.15) is 15.9 Å². The summed E-state index contributed by atoms with van der Waals surface area (Å²) in [5, 5.41) is 9.50. The molecule has 0 fully saturated rings. The smallest absolute Gasteiger partial charge is 0.336 e. The van der Waals surface area contributed by atoms with Gasteiger partial charge in [0.05, 0.1) is 5.56 Å². The molecule has 0 aliphatic heterocycles. The number of rotatable bonds is 2. The van der Waals surface area contributed by atoms with Crippen molar-refractivity contribution in [3.63, 3.8) is 0 Å². The molecule has 0 atom stereocenters. The highest BCUT2D eigenvalue weighted by molar-refractivity contribution is 6.31. The maximum absolute atomic E-state index is 13.5. The number of hydrogen-bond donors (Lipinski definition) is 1. The monoisotopic (exact) mass is 264 g/mol. The zero-order valence-electron chi connectivity index (χ0n) is 9.58. The van der Waals surface area contributed by atoms with E-state index in [2.05, 4.69) is 0 Å². The van der Waals surface area contributed by atoms with E-state index in [1.165, 1.54) is 12.1 Å². The zero-order valence-corrected chi connectivity index (χ0v) is 10.3. The molecule has 0 saturated carbocycles. The molecule has 18 heavy (non-hydrogen) atoms. The van der Waals surface area contributed by atoms with E-state index in [-0.39, 0.29) is 11.4 Å². The highest BCUT2D eigenvalue weighted by Crippen LogP contribution is 2.30. The Labute approximate surface area is 109 Å². The normalized spacial score (nSPS) is 10.4. The van der Waals surface area contributed by atoms with Gasteiger partial charge in [-0.15, -0.1) is 0 Å². The summed E-state index contributed by atoms with van der Waals surface area (Å²) >= 11 is 5.78. The number of carbonyl (C=O) groups is 1. The van der Waals surface area contributed by atoms with Crippen LogP contribution in [0.5, 0.6) is 0 Å². The lowest BCUT2D eigenvalue weighted by Gasteiger charge is -2.10. The van der Waals surface area contributed by atoms with Gasteiger partial charge >= 0.3 is 5.97 Å². The first-order valence-corrected chi connectivity index (χ1v) is 5.67. The Hall–Kier alpha value is -1.87. The lowest BCUT2D eigenvalue weighted by molar-refractivity contribution is 0.0697. The van der Waals surface area contributed by atoms with Crippen LogP contribution in [0.15, 0.2) is 36.4 Å². The van der Waals surface area contributed by atoms with Crippen molar-refractivity contribution in [3.05, 3.63) is 58.4 Å². The van der Waals surface area contributed by atoms with Gasteiger partial charge in [0.15, 0.2) is 0 Å². The Morgan fingerprint density at radius 2 is 1.94 bits per heavy atom. The van der Waals surface area contributed by atoms with Gasteiger partial charge in [0.1, 0.15) is 5.82 Å². The van der Waals surface area contributed by atoms with E-state index in [1.807, 2.05) is 0 Å². The standard InChI is InChI=1S/C14H10ClFO2/c1-8-10(3-2-4-13(8)16)11-6-5-9(15)7-12(11)14(17)18/h2-7H,1H3,(H,17,18). The fraction of sp³-hybridized carbons (Fsp3) is 0.0714. The Morgan fingerprint density at radius 3 is 2.61 bits per heavy atom. The number of carboxylic acids is 1. The first-order chi connectivity index (χ1) is 8.50. The van der Waals surface area contributed by atoms with Crippen molar-refractivity contribution < 1.29 is 14.3 Å². The average molecular weight is 265 g/mol. The summed E-state index contributed by atoms with van der Waals surface area (Å²) in [5.74, 6) is -1.45. The lowest BCUT2D eigenvalue weighted by atomic mass is 9.96. The largest absolute Gasteiger partial charge is 0.478 e. The molecule has 0 spiro atoms. The van der Waals surface area contributed by atoms with E-state index in [4.69, 9.17) is 16.7 Å². The SMILES string of the molecule is Cc1c(F)cccc1-c1ccc(Cl)cc1C(=O)O. The second kappa shape index (κ2) is 4.78. The molecule has 4 heteroatoms. The molecule has 0 unspecified atom stereocenters. The number of hydrogen-bond acceptors (Lipinski definition) is 1. The van der Waals surface area contributed by atoms with Gasteiger partial charge < -0.3 is 5.11 Å². The minimum atomic E-state index is -1.09. The Kier molecular flexibility index (Phi) is 3.34. The summed E-state index contributed by atoms with van der Waals surface area (Å²) in [7, 11) is 0. The number of halogens is 2. The third-order valence-electron chi connectivity index (χ3n) is 2.77. The molecule has 0 radical (unpaired) electrons. The quantitative estimate of drug-likeness (QED) is 0.885. The summed E-state index contributed by atoms with van der Waals surface area (Å²) < 4.78 is 13.5. The van der Waals surface area contributed by atoms with Crippen molar-refractivity contribution in [2.75, 3.05) is 0 Å². The molecule has 92 valence electrons. The Balaban J connectivity index is 2.71. The van der Waals surface area contributed by atoms with E-state index >= 15 is 0 Å². The van der Waals surface area contributed by atoms with Gasteiger partial charge in [0.2, 0.25) is 0 Å². The topological polar surface area (TPSA) is 37.3 Å². The minimum Gasteiger partial charge on any atom is -0.478 e. The first kappa shape index (κ1) is 12.6. The molecule has 2 nitrogen and oxygen atoms in total. The summed E-state index contributed by atoms with van der Waals surface area (Å²) in [6.45, 7) is 1.62. The fourth-order valence-corrected chi connectivity index (χ4v) is 2.00. The summed E-state index contributed by atoms with van der Waals surface area (Å²) in [5.41, 5.74) is 1.51. The van der Waals surface area contributed by atoms with Crippen LogP contribution in [-0.4, -0.2) is 11.1 Å². The van der Waals surface area contributed by atoms with Gasteiger partial charge in [-0.3, -0.25) is 0 Å². The van der Waals surface area contributed by atoms with Gasteiger partial charge in [0.25, 0.3) is 0 Å². The molecule has 2 aromatic rings. The van der Waals surface area contributed by atoms with E-state index < -0.39 is 5.97 Å². The fourth-order valence-electron chi connectivity index (χ4n) is 1.83. The van der Waals surface area contributed by atoms with Crippen molar-refractivity contribution in [1.82, 2.24) is 0 Å². The van der Waals surface area contributed by atoms with Crippen LogP contribution in [0.4, 0.5) is 4.39 Å². The lowest BCUT2D eigenvalue weighted by Crippen LogP contribution is -2.00. The van der Waals surface area contributed by atoms with Crippen LogP contribution in [0.25, 0.3) is 11.1 Å². The molecule has 0 aliphatic rings. The Morgan fingerprint density at radius 1 is 1.22 bits per heavy atom. The van der Waals surface area contributed by atoms with E-state index in [0.29, 0.717) is 21.7 Å². The average Bonchev–Trinajstić information content (AvgIpc) is 2.33. The van der Waals surface area contributed by atoms with E-state index in [9.17, 15) is 9.18 Å². The molecule has 0 heterocycles. The molecule has 1 N–H and O–H groups in total. The maximum Gasteiger partial charge on any atom is 0.336 e. The predicted molar refractivity (Wildman–Crippen MR) is 68.5 cm³/mol. The zero-order chi connectivity index (χ0) is 13.3. The first-order valence-electron chi connectivity index (χ1n) is 5.29. The van der Waals surface area contributed by atoms with Crippen molar-refractivity contribution >= 4 is 17.6 Å². The van der Waals surface area contributed by atoms with Crippen LogP contribution in [0, 0.1) is 12.7 Å². The second-order valence-electron chi connectivity index (χ2n) is 3.91.